The molecular formula is C22H35N5O2. The standard InChI is InChI=1S/C22H35N5O2/c1-2-24-22(25-14-6-9-17-7-4-3-5-8-17)27-15-18-10-12-19(13-11-18)21(29)26-16-20(23)28/h10-13,17H,2-9,14-16H2,1H3,(H2,23,28)(H,26,29)(H2,24,25,27). The third-order valence-electron chi connectivity index (χ3n) is 5.21. The highest BCUT2D eigenvalue weighted by atomic mass is 16.2. The first kappa shape index (κ1) is 22.7. The number of hydrogen-bond acceptors (Lipinski definition) is 3. The van der Waals surface area contributed by atoms with Crippen LogP contribution in [-0.4, -0.2) is 37.4 Å². The van der Waals surface area contributed by atoms with Crippen molar-refractivity contribution < 1.29 is 9.59 Å². The van der Waals surface area contributed by atoms with Gasteiger partial charge in [0.15, 0.2) is 5.96 Å². The van der Waals surface area contributed by atoms with Crippen molar-refractivity contribution in [1.29, 1.82) is 0 Å². The van der Waals surface area contributed by atoms with Gasteiger partial charge in [-0.05, 0) is 43.4 Å². The molecule has 0 aliphatic heterocycles. The summed E-state index contributed by atoms with van der Waals surface area (Å²) in [5, 5.41) is 9.17. The molecule has 0 aromatic heterocycles. The van der Waals surface area contributed by atoms with Gasteiger partial charge in [0, 0.05) is 18.7 Å². The molecule has 1 saturated carbocycles. The van der Waals surface area contributed by atoms with Crippen molar-refractivity contribution in [3.8, 4) is 0 Å². The van der Waals surface area contributed by atoms with Gasteiger partial charge in [0.2, 0.25) is 5.91 Å². The van der Waals surface area contributed by atoms with Gasteiger partial charge in [-0.1, -0.05) is 44.2 Å². The van der Waals surface area contributed by atoms with E-state index >= 15 is 0 Å². The molecular weight excluding hydrogens is 366 g/mol. The molecule has 0 saturated heterocycles. The summed E-state index contributed by atoms with van der Waals surface area (Å²) in [6.45, 7) is 4.16. The van der Waals surface area contributed by atoms with Crippen LogP contribution in [0.25, 0.3) is 0 Å². The van der Waals surface area contributed by atoms with Crippen LogP contribution in [0.2, 0.25) is 0 Å². The fourth-order valence-corrected chi connectivity index (χ4v) is 3.62. The van der Waals surface area contributed by atoms with E-state index < -0.39 is 5.91 Å². The number of amides is 2. The lowest BCUT2D eigenvalue weighted by molar-refractivity contribution is -0.117. The average Bonchev–Trinajstić information content (AvgIpc) is 2.74. The summed E-state index contributed by atoms with van der Waals surface area (Å²) in [6, 6.07) is 7.20. The summed E-state index contributed by atoms with van der Waals surface area (Å²) in [5.41, 5.74) is 6.54. The van der Waals surface area contributed by atoms with Gasteiger partial charge in [-0.2, -0.15) is 0 Å². The molecule has 7 heteroatoms. The number of hydrogen-bond donors (Lipinski definition) is 4. The highest BCUT2D eigenvalue weighted by molar-refractivity contribution is 5.96. The fraction of sp³-hybridized carbons (Fsp3) is 0.591. The Morgan fingerprint density at radius 2 is 1.79 bits per heavy atom. The van der Waals surface area contributed by atoms with Crippen LogP contribution in [0.1, 0.15) is 67.8 Å². The maximum atomic E-state index is 11.9. The first-order valence-corrected chi connectivity index (χ1v) is 10.8. The summed E-state index contributed by atoms with van der Waals surface area (Å²) >= 11 is 0. The molecule has 1 fully saturated rings. The second-order valence-electron chi connectivity index (χ2n) is 7.61. The van der Waals surface area contributed by atoms with Crippen molar-refractivity contribution in [2.45, 2.75) is 58.4 Å². The van der Waals surface area contributed by atoms with Gasteiger partial charge in [0.1, 0.15) is 0 Å². The van der Waals surface area contributed by atoms with Crippen molar-refractivity contribution >= 4 is 17.8 Å². The van der Waals surface area contributed by atoms with E-state index in [2.05, 4.69) is 27.9 Å². The summed E-state index contributed by atoms with van der Waals surface area (Å²) in [6.07, 6.45) is 9.46. The molecule has 5 N–H and O–H groups in total. The van der Waals surface area contributed by atoms with E-state index in [9.17, 15) is 9.59 Å². The zero-order chi connectivity index (χ0) is 20.9. The summed E-state index contributed by atoms with van der Waals surface area (Å²) < 4.78 is 0. The average molecular weight is 402 g/mol. The predicted molar refractivity (Wildman–Crippen MR) is 117 cm³/mol. The van der Waals surface area contributed by atoms with Crippen LogP contribution in [0, 0.1) is 5.92 Å². The SMILES string of the molecule is CCNC(=NCc1ccc(C(=O)NCC(N)=O)cc1)NCCCC1CCCCC1. The largest absolute Gasteiger partial charge is 0.368 e. The molecule has 1 aromatic carbocycles. The molecule has 1 aromatic rings. The van der Waals surface area contributed by atoms with Gasteiger partial charge in [0.05, 0.1) is 13.1 Å². The molecule has 1 aliphatic carbocycles. The Morgan fingerprint density at radius 1 is 1.07 bits per heavy atom. The lowest BCUT2D eigenvalue weighted by Crippen LogP contribution is -2.37. The summed E-state index contributed by atoms with van der Waals surface area (Å²) in [4.78, 5) is 27.3. The van der Waals surface area contributed by atoms with Gasteiger partial charge >= 0.3 is 0 Å². The Labute approximate surface area is 173 Å². The quantitative estimate of drug-likeness (QED) is 0.274. The number of nitrogens with two attached hydrogens (primary N) is 1. The van der Waals surface area contributed by atoms with Crippen molar-refractivity contribution in [2.75, 3.05) is 19.6 Å². The number of carbonyl (C=O) groups is 2. The van der Waals surface area contributed by atoms with Gasteiger partial charge in [0.25, 0.3) is 5.91 Å². The minimum Gasteiger partial charge on any atom is -0.368 e. The maximum Gasteiger partial charge on any atom is 0.251 e. The van der Waals surface area contributed by atoms with Gasteiger partial charge < -0.3 is 21.7 Å². The van der Waals surface area contributed by atoms with Gasteiger partial charge in [-0.15, -0.1) is 0 Å². The molecule has 0 radical (unpaired) electrons. The summed E-state index contributed by atoms with van der Waals surface area (Å²) in [5.74, 6) is 0.849. The Balaban J connectivity index is 1.77. The lowest BCUT2D eigenvalue weighted by atomic mass is 9.86. The van der Waals surface area contributed by atoms with E-state index in [1.165, 1.54) is 44.9 Å². The van der Waals surface area contributed by atoms with Crippen LogP contribution in [0.3, 0.4) is 0 Å². The van der Waals surface area contributed by atoms with Crippen LogP contribution < -0.4 is 21.7 Å². The van der Waals surface area contributed by atoms with Crippen LogP contribution >= 0.6 is 0 Å². The fourth-order valence-electron chi connectivity index (χ4n) is 3.62. The highest BCUT2D eigenvalue weighted by Gasteiger charge is 2.12. The number of nitrogens with zero attached hydrogens (tertiary/aromatic N) is 1. The van der Waals surface area contributed by atoms with Crippen LogP contribution in [0.4, 0.5) is 0 Å². The number of carbonyl (C=O) groups excluding carboxylic acids is 2. The molecule has 29 heavy (non-hydrogen) atoms. The number of rotatable bonds is 10. The number of primary amides is 1. The van der Waals surface area contributed by atoms with E-state index in [0.29, 0.717) is 12.1 Å². The number of benzene rings is 1. The van der Waals surface area contributed by atoms with Gasteiger partial charge in [-0.3, -0.25) is 9.59 Å². The molecule has 0 atom stereocenters. The van der Waals surface area contributed by atoms with Crippen LogP contribution in [0.15, 0.2) is 29.3 Å². The molecule has 0 unspecified atom stereocenters. The molecule has 7 nitrogen and oxygen atoms in total. The second-order valence-corrected chi connectivity index (χ2v) is 7.61. The molecule has 160 valence electrons. The Morgan fingerprint density at radius 3 is 2.45 bits per heavy atom. The Kier molecular flexibility index (Phi) is 10.0. The van der Waals surface area contributed by atoms with E-state index in [-0.39, 0.29) is 12.5 Å². The maximum absolute atomic E-state index is 11.9. The zero-order valence-corrected chi connectivity index (χ0v) is 17.5. The molecule has 0 spiro atoms. The molecule has 1 aliphatic rings. The van der Waals surface area contributed by atoms with E-state index in [4.69, 9.17) is 5.73 Å². The smallest absolute Gasteiger partial charge is 0.251 e. The van der Waals surface area contributed by atoms with Crippen LogP contribution in [-0.2, 0) is 11.3 Å². The predicted octanol–water partition coefficient (Wildman–Crippen LogP) is 2.32. The van der Waals surface area contributed by atoms with E-state index in [1.54, 1.807) is 12.1 Å². The van der Waals surface area contributed by atoms with Crippen molar-refractivity contribution in [3.63, 3.8) is 0 Å². The molecule has 0 bridgehead atoms. The van der Waals surface area contributed by atoms with Crippen molar-refractivity contribution in [2.24, 2.45) is 16.6 Å². The van der Waals surface area contributed by atoms with Gasteiger partial charge in [-0.25, -0.2) is 4.99 Å². The number of guanidine groups is 1. The number of nitrogens with one attached hydrogen (secondary N) is 3. The first-order valence-electron chi connectivity index (χ1n) is 10.8. The third-order valence-corrected chi connectivity index (χ3v) is 5.21. The third kappa shape index (κ3) is 8.98. The van der Waals surface area contributed by atoms with Crippen molar-refractivity contribution in [1.82, 2.24) is 16.0 Å². The second kappa shape index (κ2) is 12.8. The molecule has 2 amide bonds. The molecule has 0 heterocycles. The Hall–Kier alpha value is -2.57. The van der Waals surface area contributed by atoms with Crippen LogP contribution in [0.5, 0.6) is 0 Å². The van der Waals surface area contributed by atoms with E-state index in [0.717, 1.165) is 30.5 Å². The van der Waals surface area contributed by atoms with Crippen molar-refractivity contribution in [3.05, 3.63) is 35.4 Å². The van der Waals surface area contributed by atoms with E-state index in [1.807, 2.05) is 12.1 Å². The minimum absolute atomic E-state index is 0.163. The lowest BCUT2D eigenvalue weighted by Gasteiger charge is -2.21. The monoisotopic (exact) mass is 401 g/mol. The molecule has 2 rings (SSSR count). The Bertz CT molecular complexity index is 666. The topological polar surface area (TPSA) is 109 Å². The highest BCUT2D eigenvalue weighted by Crippen LogP contribution is 2.26. The zero-order valence-electron chi connectivity index (χ0n) is 17.5. The first-order chi connectivity index (χ1) is 14.1. The normalized spacial score (nSPS) is 15.0. The summed E-state index contributed by atoms with van der Waals surface area (Å²) in [7, 11) is 0. The minimum atomic E-state index is -0.563. The number of aliphatic imine (C=N–C) groups is 1.